The maximum absolute atomic E-state index is 5.12. The van der Waals surface area contributed by atoms with Crippen LogP contribution in [0.4, 0.5) is 0 Å². The van der Waals surface area contributed by atoms with E-state index < -0.39 is 0 Å². The Morgan fingerprint density at radius 2 is 2.50 bits per heavy atom. The summed E-state index contributed by atoms with van der Waals surface area (Å²) in [6, 6.07) is 0. The molecule has 0 aliphatic carbocycles. The van der Waals surface area contributed by atoms with Gasteiger partial charge in [0.05, 0.1) is 4.75 Å². The molecule has 1 aromatic rings. The molecule has 1 fully saturated rings. The first-order valence-electron chi connectivity index (χ1n) is 3.84. The third-order valence-corrected chi connectivity index (χ3v) is 3.90. The molecule has 0 spiro atoms. The van der Waals surface area contributed by atoms with E-state index >= 15 is 0 Å². The standard InChI is InChI=1S/C7H9BrN2OS/c1-7(3-2-4-12-7)5-9-6(8)10-11-5/h2-4H2,1H3. The Balaban J connectivity index is 2.28. The van der Waals surface area contributed by atoms with Gasteiger partial charge in [0.15, 0.2) is 0 Å². The van der Waals surface area contributed by atoms with E-state index in [2.05, 4.69) is 33.0 Å². The van der Waals surface area contributed by atoms with Crippen molar-refractivity contribution in [3.63, 3.8) is 0 Å². The van der Waals surface area contributed by atoms with Crippen LogP contribution in [0.3, 0.4) is 0 Å². The normalized spacial score (nSPS) is 29.5. The van der Waals surface area contributed by atoms with Gasteiger partial charge in [0, 0.05) is 0 Å². The fraction of sp³-hybridized carbons (Fsp3) is 0.714. The van der Waals surface area contributed by atoms with Gasteiger partial charge in [-0.1, -0.05) is 0 Å². The lowest BCUT2D eigenvalue weighted by Crippen LogP contribution is -2.12. The van der Waals surface area contributed by atoms with Gasteiger partial charge in [0.1, 0.15) is 0 Å². The molecule has 0 bridgehead atoms. The van der Waals surface area contributed by atoms with Gasteiger partial charge >= 0.3 is 0 Å². The minimum Gasteiger partial charge on any atom is -0.337 e. The third kappa shape index (κ3) is 1.40. The molecule has 5 heteroatoms. The predicted octanol–water partition coefficient (Wildman–Crippen LogP) is 2.57. The average molecular weight is 249 g/mol. The Labute approximate surface area is 83.4 Å². The van der Waals surface area contributed by atoms with Crippen LogP contribution in [0.5, 0.6) is 0 Å². The van der Waals surface area contributed by atoms with Gasteiger partial charge < -0.3 is 4.52 Å². The highest BCUT2D eigenvalue weighted by Crippen LogP contribution is 2.45. The van der Waals surface area contributed by atoms with E-state index in [4.69, 9.17) is 4.52 Å². The topological polar surface area (TPSA) is 38.9 Å². The third-order valence-electron chi connectivity index (χ3n) is 2.07. The van der Waals surface area contributed by atoms with Crippen LogP contribution in [-0.4, -0.2) is 15.9 Å². The first kappa shape index (κ1) is 8.56. The van der Waals surface area contributed by atoms with Gasteiger partial charge in [-0.25, -0.2) is 0 Å². The number of aromatic nitrogens is 2. The number of thioether (sulfide) groups is 1. The van der Waals surface area contributed by atoms with E-state index in [1.807, 2.05) is 11.8 Å². The molecule has 12 heavy (non-hydrogen) atoms. The van der Waals surface area contributed by atoms with Crippen LogP contribution in [-0.2, 0) is 4.75 Å². The minimum absolute atomic E-state index is 0.0546. The van der Waals surface area contributed by atoms with Crippen molar-refractivity contribution in [3.8, 4) is 0 Å². The van der Waals surface area contributed by atoms with Crippen LogP contribution in [0.25, 0.3) is 0 Å². The summed E-state index contributed by atoms with van der Waals surface area (Å²) in [5.74, 6) is 1.94. The van der Waals surface area contributed by atoms with Crippen LogP contribution in [0.1, 0.15) is 25.7 Å². The Bertz CT molecular complexity index is 283. The monoisotopic (exact) mass is 248 g/mol. The van der Waals surface area contributed by atoms with Crippen LogP contribution in [0.2, 0.25) is 0 Å². The number of hydrogen-bond donors (Lipinski definition) is 0. The van der Waals surface area contributed by atoms with E-state index in [0.29, 0.717) is 4.73 Å². The van der Waals surface area contributed by atoms with E-state index in [9.17, 15) is 0 Å². The van der Waals surface area contributed by atoms with Crippen molar-refractivity contribution in [3.05, 3.63) is 10.6 Å². The first-order valence-corrected chi connectivity index (χ1v) is 5.62. The lowest BCUT2D eigenvalue weighted by molar-refractivity contribution is 0.341. The quantitative estimate of drug-likeness (QED) is 0.766. The number of nitrogens with zero attached hydrogens (tertiary/aromatic N) is 2. The molecule has 1 atom stereocenters. The van der Waals surface area contributed by atoms with E-state index in [-0.39, 0.29) is 4.75 Å². The zero-order valence-corrected chi connectivity index (χ0v) is 9.11. The molecule has 66 valence electrons. The summed E-state index contributed by atoms with van der Waals surface area (Å²) < 4.78 is 5.72. The lowest BCUT2D eigenvalue weighted by atomic mass is 10.1. The van der Waals surface area contributed by atoms with Crippen molar-refractivity contribution in [2.75, 3.05) is 5.75 Å². The molecule has 1 saturated heterocycles. The molecule has 0 radical (unpaired) electrons. The van der Waals surface area contributed by atoms with Gasteiger partial charge in [-0.15, -0.1) is 11.8 Å². The second-order valence-electron chi connectivity index (χ2n) is 3.05. The Morgan fingerprint density at radius 1 is 1.67 bits per heavy atom. The molecule has 2 heterocycles. The van der Waals surface area contributed by atoms with Crippen molar-refractivity contribution in [2.24, 2.45) is 0 Å². The molecule has 1 unspecified atom stereocenters. The van der Waals surface area contributed by atoms with E-state index in [1.165, 1.54) is 12.2 Å². The molecule has 3 nitrogen and oxygen atoms in total. The summed E-state index contributed by atoms with van der Waals surface area (Å²) in [5.41, 5.74) is 0. The van der Waals surface area contributed by atoms with Gasteiger partial charge in [-0.3, -0.25) is 0 Å². The Hall–Kier alpha value is -0.0300. The van der Waals surface area contributed by atoms with Crippen molar-refractivity contribution < 1.29 is 4.52 Å². The number of hydrogen-bond acceptors (Lipinski definition) is 4. The smallest absolute Gasteiger partial charge is 0.243 e. The van der Waals surface area contributed by atoms with Crippen LogP contribution in [0, 0.1) is 0 Å². The highest BCUT2D eigenvalue weighted by atomic mass is 79.9. The summed E-state index contributed by atoms with van der Waals surface area (Å²) in [5, 5.41) is 3.72. The molecular weight excluding hydrogens is 240 g/mol. The Morgan fingerprint density at radius 3 is 3.00 bits per heavy atom. The summed E-state index contributed by atoms with van der Waals surface area (Å²) in [6.07, 6.45) is 2.37. The Kier molecular flexibility index (Phi) is 2.16. The van der Waals surface area contributed by atoms with Crippen molar-refractivity contribution in [1.29, 1.82) is 0 Å². The highest BCUT2D eigenvalue weighted by Gasteiger charge is 2.36. The summed E-state index contributed by atoms with van der Waals surface area (Å²) in [6.45, 7) is 2.16. The largest absolute Gasteiger partial charge is 0.337 e. The average Bonchev–Trinajstić information content (AvgIpc) is 2.59. The molecule has 1 aliphatic heterocycles. The fourth-order valence-electron chi connectivity index (χ4n) is 1.37. The van der Waals surface area contributed by atoms with Gasteiger partial charge in [0.2, 0.25) is 10.6 Å². The maximum Gasteiger partial charge on any atom is 0.243 e. The summed E-state index contributed by atoms with van der Waals surface area (Å²) >= 11 is 5.07. The highest BCUT2D eigenvalue weighted by molar-refractivity contribution is 9.10. The fourth-order valence-corrected chi connectivity index (χ4v) is 2.84. The summed E-state index contributed by atoms with van der Waals surface area (Å²) in [7, 11) is 0. The minimum atomic E-state index is 0.0546. The van der Waals surface area contributed by atoms with Crippen LogP contribution >= 0.6 is 27.7 Å². The number of halogens is 1. The molecule has 0 aromatic carbocycles. The molecule has 1 aliphatic rings. The zero-order valence-electron chi connectivity index (χ0n) is 6.71. The molecule has 0 amide bonds. The second-order valence-corrected chi connectivity index (χ2v) is 5.36. The SMILES string of the molecule is CC1(c2nc(Br)no2)CCCS1. The maximum atomic E-state index is 5.12. The van der Waals surface area contributed by atoms with Crippen LogP contribution in [0.15, 0.2) is 9.26 Å². The van der Waals surface area contributed by atoms with Crippen molar-refractivity contribution in [1.82, 2.24) is 10.1 Å². The zero-order chi connectivity index (χ0) is 8.60. The van der Waals surface area contributed by atoms with Crippen molar-refractivity contribution >= 4 is 27.7 Å². The lowest BCUT2D eigenvalue weighted by Gasteiger charge is -2.15. The molecule has 0 N–H and O–H groups in total. The van der Waals surface area contributed by atoms with Gasteiger partial charge in [-0.05, 0) is 46.6 Å². The predicted molar refractivity (Wildman–Crippen MR) is 51.0 cm³/mol. The molecule has 1 aromatic heterocycles. The second kappa shape index (κ2) is 3.03. The van der Waals surface area contributed by atoms with E-state index in [1.54, 1.807) is 0 Å². The molecule has 2 rings (SSSR count). The van der Waals surface area contributed by atoms with Gasteiger partial charge in [-0.2, -0.15) is 4.98 Å². The first-order chi connectivity index (χ1) is 5.71. The van der Waals surface area contributed by atoms with Crippen LogP contribution < -0.4 is 0 Å². The van der Waals surface area contributed by atoms with E-state index in [0.717, 1.165) is 12.3 Å². The van der Waals surface area contributed by atoms with Gasteiger partial charge in [0.25, 0.3) is 0 Å². The van der Waals surface area contributed by atoms with Crippen molar-refractivity contribution in [2.45, 2.75) is 24.5 Å². The summed E-state index contributed by atoms with van der Waals surface area (Å²) in [4.78, 5) is 4.18. The molecule has 0 saturated carbocycles. The molecular formula is C7H9BrN2OS. The number of rotatable bonds is 1.